The van der Waals surface area contributed by atoms with Gasteiger partial charge in [0.25, 0.3) is 5.91 Å². The second-order valence-electron chi connectivity index (χ2n) is 5.81. The largest absolute Gasteiger partial charge is 0.483 e. The molecule has 6 heteroatoms. The Morgan fingerprint density at radius 3 is 2.46 bits per heavy atom. The molecule has 0 saturated heterocycles. The summed E-state index contributed by atoms with van der Waals surface area (Å²) in [5.74, 6) is 0.240. The highest BCUT2D eigenvalue weighted by Gasteiger charge is 2.15. The van der Waals surface area contributed by atoms with E-state index >= 15 is 0 Å². The summed E-state index contributed by atoms with van der Waals surface area (Å²) in [6.45, 7) is 5.68. The van der Waals surface area contributed by atoms with Crippen LogP contribution in [0.3, 0.4) is 0 Å². The van der Waals surface area contributed by atoms with Crippen molar-refractivity contribution in [3.63, 3.8) is 0 Å². The first-order valence-electron chi connectivity index (χ1n) is 7.48. The molecule has 0 saturated carbocycles. The lowest BCUT2D eigenvalue weighted by molar-refractivity contribution is -0.118. The van der Waals surface area contributed by atoms with Gasteiger partial charge in [-0.1, -0.05) is 18.2 Å². The molecule has 0 aliphatic heterocycles. The molecule has 0 radical (unpaired) electrons. The van der Waals surface area contributed by atoms with Crippen LogP contribution in [0.4, 0.5) is 5.69 Å². The van der Waals surface area contributed by atoms with Crippen LogP contribution in [0.5, 0.6) is 5.75 Å². The second kappa shape index (κ2) is 7.05. The molecule has 24 heavy (non-hydrogen) atoms. The quantitative estimate of drug-likeness (QED) is 0.902. The molecular weight excluding hydrogens is 326 g/mol. The molecular formula is C18H21NO4S. The lowest BCUT2D eigenvalue weighted by atomic mass is 10.1. The van der Waals surface area contributed by atoms with Crippen LogP contribution >= 0.6 is 0 Å². The molecule has 0 spiro atoms. The van der Waals surface area contributed by atoms with E-state index in [9.17, 15) is 13.2 Å². The number of benzene rings is 2. The van der Waals surface area contributed by atoms with Crippen LogP contribution in [0.25, 0.3) is 0 Å². The molecule has 1 N–H and O–H groups in total. The van der Waals surface area contributed by atoms with E-state index < -0.39 is 15.7 Å². The van der Waals surface area contributed by atoms with Crippen molar-refractivity contribution in [3.8, 4) is 5.75 Å². The summed E-state index contributed by atoms with van der Waals surface area (Å²) in [5.41, 5.74) is 3.37. The molecule has 0 heterocycles. The highest BCUT2D eigenvalue weighted by molar-refractivity contribution is 7.90. The SMILES string of the molecule is Cc1cc(C)c(C)c(OCC(=O)Nc2ccccc2S(C)(=O)=O)c1. The maximum Gasteiger partial charge on any atom is 0.262 e. The van der Waals surface area contributed by atoms with Gasteiger partial charge in [-0.15, -0.1) is 0 Å². The fourth-order valence-electron chi connectivity index (χ4n) is 2.37. The smallest absolute Gasteiger partial charge is 0.262 e. The third-order valence-electron chi connectivity index (χ3n) is 3.68. The first-order chi connectivity index (χ1) is 11.2. The molecule has 2 rings (SSSR count). The van der Waals surface area contributed by atoms with Gasteiger partial charge in [-0.25, -0.2) is 8.42 Å². The van der Waals surface area contributed by atoms with Gasteiger partial charge >= 0.3 is 0 Å². The van der Waals surface area contributed by atoms with Gasteiger partial charge < -0.3 is 10.1 Å². The highest BCUT2D eigenvalue weighted by atomic mass is 32.2. The summed E-state index contributed by atoms with van der Waals surface area (Å²) in [6, 6.07) is 10.2. The molecule has 0 aliphatic carbocycles. The number of hydrogen-bond acceptors (Lipinski definition) is 4. The summed E-state index contributed by atoms with van der Waals surface area (Å²) in [7, 11) is -3.42. The van der Waals surface area contributed by atoms with Crippen LogP contribution in [0.15, 0.2) is 41.3 Å². The van der Waals surface area contributed by atoms with Gasteiger partial charge in [0.05, 0.1) is 10.6 Å². The van der Waals surface area contributed by atoms with Gasteiger partial charge in [0, 0.05) is 6.26 Å². The normalized spacial score (nSPS) is 11.2. The number of hydrogen-bond donors (Lipinski definition) is 1. The Hall–Kier alpha value is -2.34. The fraction of sp³-hybridized carbons (Fsp3) is 0.278. The zero-order valence-corrected chi connectivity index (χ0v) is 15.0. The number of amides is 1. The predicted molar refractivity (Wildman–Crippen MR) is 94.3 cm³/mol. The maximum atomic E-state index is 12.1. The van der Waals surface area contributed by atoms with E-state index in [-0.39, 0.29) is 17.2 Å². The number of para-hydroxylation sites is 1. The molecule has 0 unspecified atom stereocenters. The first kappa shape index (κ1) is 18.0. The molecule has 0 aromatic heterocycles. The van der Waals surface area contributed by atoms with Gasteiger partial charge in [0.15, 0.2) is 16.4 Å². The van der Waals surface area contributed by atoms with E-state index in [2.05, 4.69) is 5.32 Å². The Morgan fingerprint density at radius 2 is 1.79 bits per heavy atom. The zero-order valence-electron chi connectivity index (χ0n) is 14.2. The van der Waals surface area contributed by atoms with Crippen molar-refractivity contribution in [1.29, 1.82) is 0 Å². The lowest BCUT2D eigenvalue weighted by Gasteiger charge is -2.13. The molecule has 0 bridgehead atoms. The van der Waals surface area contributed by atoms with Crippen molar-refractivity contribution in [1.82, 2.24) is 0 Å². The number of carbonyl (C=O) groups is 1. The number of carbonyl (C=O) groups excluding carboxylic acids is 1. The molecule has 0 fully saturated rings. The Bertz CT molecular complexity index is 873. The zero-order chi connectivity index (χ0) is 17.9. The molecule has 2 aromatic rings. The van der Waals surface area contributed by atoms with E-state index in [0.717, 1.165) is 22.9 Å². The fourth-order valence-corrected chi connectivity index (χ4v) is 3.22. The third-order valence-corrected chi connectivity index (χ3v) is 4.84. The van der Waals surface area contributed by atoms with Gasteiger partial charge in [0.1, 0.15) is 5.75 Å². The van der Waals surface area contributed by atoms with Crippen molar-refractivity contribution in [2.24, 2.45) is 0 Å². The summed E-state index contributed by atoms with van der Waals surface area (Å²) >= 11 is 0. The molecule has 5 nitrogen and oxygen atoms in total. The number of rotatable bonds is 5. The minimum Gasteiger partial charge on any atom is -0.483 e. The van der Waals surface area contributed by atoms with Crippen molar-refractivity contribution in [2.75, 3.05) is 18.2 Å². The number of anilines is 1. The average Bonchev–Trinajstić information content (AvgIpc) is 2.49. The predicted octanol–water partition coefficient (Wildman–Crippen LogP) is 3.03. The lowest BCUT2D eigenvalue weighted by Crippen LogP contribution is -2.21. The maximum absolute atomic E-state index is 12.1. The number of ether oxygens (including phenoxy) is 1. The van der Waals surface area contributed by atoms with Gasteiger partial charge in [-0.2, -0.15) is 0 Å². The number of nitrogens with one attached hydrogen (secondary N) is 1. The Balaban J connectivity index is 2.11. The van der Waals surface area contributed by atoms with Gasteiger partial charge in [-0.05, 0) is 55.7 Å². The highest BCUT2D eigenvalue weighted by Crippen LogP contribution is 2.24. The molecule has 0 aliphatic rings. The van der Waals surface area contributed by atoms with E-state index in [4.69, 9.17) is 4.74 Å². The topological polar surface area (TPSA) is 72.5 Å². The average molecular weight is 347 g/mol. The molecule has 0 atom stereocenters. The molecule has 2 aromatic carbocycles. The number of sulfone groups is 1. The van der Waals surface area contributed by atoms with Crippen LogP contribution in [-0.2, 0) is 14.6 Å². The van der Waals surface area contributed by atoms with Gasteiger partial charge in [0.2, 0.25) is 0 Å². The van der Waals surface area contributed by atoms with Crippen LogP contribution in [0.2, 0.25) is 0 Å². The Morgan fingerprint density at radius 1 is 1.12 bits per heavy atom. The second-order valence-corrected chi connectivity index (χ2v) is 7.79. The summed E-state index contributed by atoms with van der Waals surface area (Å²) in [4.78, 5) is 12.2. The van der Waals surface area contributed by atoms with Crippen molar-refractivity contribution in [2.45, 2.75) is 25.7 Å². The first-order valence-corrected chi connectivity index (χ1v) is 9.37. The minimum atomic E-state index is -3.42. The Labute approximate surface area is 142 Å². The van der Waals surface area contributed by atoms with Crippen molar-refractivity contribution < 1.29 is 17.9 Å². The van der Waals surface area contributed by atoms with Crippen LogP contribution < -0.4 is 10.1 Å². The Kier molecular flexibility index (Phi) is 5.29. The number of aryl methyl sites for hydroxylation is 2. The summed E-state index contributed by atoms with van der Waals surface area (Å²) in [5, 5.41) is 2.59. The van der Waals surface area contributed by atoms with Gasteiger partial charge in [-0.3, -0.25) is 4.79 Å². The van der Waals surface area contributed by atoms with Crippen LogP contribution in [0.1, 0.15) is 16.7 Å². The third kappa shape index (κ3) is 4.35. The van der Waals surface area contributed by atoms with E-state index in [1.807, 2.05) is 32.9 Å². The minimum absolute atomic E-state index is 0.0842. The summed E-state index contributed by atoms with van der Waals surface area (Å²) < 4.78 is 29.1. The van der Waals surface area contributed by atoms with Crippen LogP contribution in [-0.4, -0.2) is 27.2 Å². The van der Waals surface area contributed by atoms with E-state index in [1.165, 1.54) is 6.07 Å². The van der Waals surface area contributed by atoms with Crippen molar-refractivity contribution >= 4 is 21.4 Å². The molecule has 1 amide bonds. The standard InChI is InChI=1S/C18H21NO4S/c1-12-9-13(2)14(3)16(10-12)23-11-18(20)19-15-7-5-6-8-17(15)24(4,21)22/h5-10H,11H2,1-4H3,(H,19,20). The van der Waals surface area contributed by atoms with E-state index in [1.54, 1.807) is 18.2 Å². The van der Waals surface area contributed by atoms with E-state index in [0.29, 0.717) is 5.75 Å². The van der Waals surface area contributed by atoms with Crippen LogP contribution in [0, 0.1) is 20.8 Å². The monoisotopic (exact) mass is 347 g/mol. The summed E-state index contributed by atoms with van der Waals surface area (Å²) in [6.07, 6.45) is 1.10. The molecule has 128 valence electrons. The van der Waals surface area contributed by atoms with Crippen molar-refractivity contribution in [3.05, 3.63) is 53.1 Å².